The number of primary amides is 1. The van der Waals surface area contributed by atoms with Gasteiger partial charge < -0.3 is 15.8 Å². The van der Waals surface area contributed by atoms with E-state index in [1.54, 1.807) is 18.2 Å². The van der Waals surface area contributed by atoms with Gasteiger partial charge in [-0.05, 0) is 31.2 Å². The van der Waals surface area contributed by atoms with E-state index in [9.17, 15) is 4.79 Å². The molecule has 2 aromatic rings. The molecule has 1 amide bonds. The number of para-hydroxylation sites is 1. The van der Waals surface area contributed by atoms with Gasteiger partial charge in [-0.2, -0.15) is 0 Å². The highest BCUT2D eigenvalue weighted by molar-refractivity contribution is 6.33. The lowest BCUT2D eigenvalue weighted by molar-refractivity contribution is 0.100. The number of hydrogen-bond acceptors (Lipinski definition) is 3. The van der Waals surface area contributed by atoms with E-state index in [0.717, 1.165) is 17.0 Å². The predicted octanol–water partition coefficient (Wildman–Crippen LogP) is 3.45. The zero-order valence-electron chi connectivity index (χ0n) is 11.7. The number of amides is 1. The molecule has 0 unspecified atom stereocenters. The van der Waals surface area contributed by atoms with Crippen molar-refractivity contribution in [3.05, 3.63) is 58.6 Å². The topological polar surface area (TPSA) is 64.3 Å². The van der Waals surface area contributed by atoms with E-state index in [0.29, 0.717) is 23.7 Å². The third-order valence-electron chi connectivity index (χ3n) is 2.99. The molecule has 0 aromatic heterocycles. The number of halogens is 1. The number of rotatable bonds is 6. The number of carbonyl (C=O) groups excluding carboxylic acids is 1. The van der Waals surface area contributed by atoms with Crippen LogP contribution in [0, 0.1) is 0 Å². The first-order valence-corrected chi connectivity index (χ1v) is 7.03. The second-order valence-corrected chi connectivity index (χ2v) is 4.86. The molecule has 0 spiro atoms. The Morgan fingerprint density at radius 2 is 2.05 bits per heavy atom. The fourth-order valence-electron chi connectivity index (χ4n) is 1.97. The molecule has 0 saturated heterocycles. The van der Waals surface area contributed by atoms with Crippen LogP contribution in [0.5, 0.6) is 5.75 Å². The first-order chi connectivity index (χ1) is 10.1. The van der Waals surface area contributed by atoms with Crippen molar-refractivity contribution in [2.75, 3.05) is 11.9 Å². The van der Waals surface area contributed by atoms with Crippen LogP contribution in [0.15, 0.2) is 42.5 Å². The molecule has 0 aliphatic carbocycles. The molecule has 0 fully saturated rings. The van der Waals surface area contributed by atoms with Gasteiger partial charge in [0.2, 0.25) is 5.91 Å². The standard InChI is InChI=1S/C16H17ClN2O2/c1-2-21-15-6-4-3-5-11(15)10-19-12-7-8-14(17)13(9-12)16(18)20/h3-9,19H,2,10H2,1H3,(H2,18,20). The van der Waals surface area contributed by atoms with Crippen LogP contribution in [-0.4, -0.2) is 12.5 Å². The summed E-state index contributed by atoms with van der Waals surface area (Å²) in [5.41, 5.74) is 7.40. The van der Waals surface area contributed by atoms with Crippen molar-refractivity contribution in [1.82, 2.24) is 0 Å². The van der Waals surface area contributed by atoms with E-state index in [2.05, 4.69) is 5.32 Å². The average molecular weight is 305 g/mol. The molecular weight excluding hydrogens is 288 g/mol. The number of nitrogens with two attached hydrogens (primary N) is 1. The summed E-state index contributed by atoms with van der Waals surface area (Å²) in [6.07, 6.45) is 0. The molecule has 0 bridgehead atoms. The number of carbonyl (C=O) groups is 1. The summed E-state index contributed by atoms with van der Waals surface area (Å²) >= 11 is 5.93. The van der Waals surface area contributed by atoms with E-state index >= 15 is 0 Å². The minimum absolute atomic E-state index is 0.305. The molecule has 0 saturated carbocycles. The van der Waals surface area contributed by atoms with Gasteiger partial charge in [0.05, 0.1) is 17.2 Å². The maximum absolute atomic E-state index is 11.3. The first-order valence-electron chi connectivity index (χ1n) is 6.65. The smallest absolute Gasteiger partial charge is 0.250 e. The van der Waals surface area contributed by atoms with Crippen LogP contribution in [0.1, 0.15) is 22.8 Å². The summed E-state index contributed by atoms with van der Waals surface area (Å²) in [7, 11) is 0. The second kappa shape index (κ2) is 6.99. The maximum Gasteiger partial charge on any atom is 0.250 e. The van der Waals surface area contributed by atoms with Crippen LogP contribution in [-0.2, 0) is 6.54 Å². The van der Waals surface area contributed by atoms with E-state index < -0.39 is 5.91 Å². The van der Waals surface area contributed by atoms with Crippen molar-refractivity contribution < 1.29 is 9.53 Å². The number of ether oxygens (including phenoxy) is 1. The van der Waals surface area contributed by atoms with Gasteiger partial charge in [-0.1, -0.05) is 29.8 Å². The summed E-state index contributed by atoms with van der Waals surface area (Å²) in [4.78, 5) is 11.3. The van der Waals surface area contributed by atoms with E-state index in [4.69, 9.17) is 22.1 Å². The predicted molar refractivity (Wildman–Crippen MR) is 84.9 cm³/mol. The molecule has 4 nitrogen and oxygen atoms in total. The molecule has 0 atom stereocenters. The van der Waals surface area contributed by atoms with Crippen LogP contribution < -0.4 is 15.8 Å². The van der Waals surface area contributed by atoms with Crippen molar-refractivity contribution in [2.24, 2.45) is 5.73 Å². The van der Waals surface area contributed by atoms with Gasteiger partial charge in [-0.3, -0.25) is 4.79 Å². The molecule has 0 aliphatic rings. The van der Waals surface area contributed by atoms with Gasteiger partial charge in [0.15, 0.2) is 0 Å². The van der Waals surface area contributed by atoms with Crippen molar-refractivity contribution in [2.45, 2.75) is 13.5 Å². The molecule has 21 heavy (non-hydrogen) atoms. The molecule has 2 aromatic carbocycles. The molecule has 0 heterocycles. The third kappa shape index (κ3) is 3.89. The Kier molecular flexibility index (Phi) is 5.06. The Labute approximate surface area is 128 Å². The van der Waals surface area contributed by atoms with Crippen molar-refractivity contribution in [1.29, 1.82) is 0 Å². The van der Waals surface area contributed by atoms with Gasteiger partial charge in [0.25, 0.3) is 0 Å². The van der Waals surface area contributed by atoms with Gasteiger partial charge in [0.1, 0.15) is 5.75 Å². The lowest BCUT2D eigenvalue weighted by atomic mass is 10.1. The Bertz CT molecular complexity index is 644. The monoisotopic (exact) mass is 304 g/mol. The summed E-state index contributed by atoms with van der Waals surface area (Å²) in [6, 6.07) is 12.9. The van der Waals surface area contributed by atoms with E-state index in [1.165, 1.54) is 0 Å². The van der Waals surface area contributed by atoms with E-state index in [-0.39, 0.29) is 0 Å². The Hall–Kier alpha value is -2.20. The molecule has 3 N–H and O–H groups in total. The molecule has 5 heteroatoms. The number of hydrogen-bond donors (Lipinski definition) is 2. The highest BCUT2D eigenvalue weighted by Gasteiger charge is 2.08. The Morgan fingerprint density at radius 3 is 2.76 bits per heavy atom. The van der Waals surface area contributed by atoms with Crippen LogP contribution in [0.4, 0.5) is 5.69 Å². The Morgan fingerprint density at radius 1 is 1.29 bits per heavy atom. The minimum Gasteiger partial charge on any atom is -0.494 e. The molecule has 0 aliphatic heterocycles. The van der Waals surface area contributed by atoms with E-state index in [1.807, 2.05) is 31.2 Å². The normalized spacial score (nSPS) is 10.2. The van der Waals surface area contributed by atoms with Gasteiger partial charge in [-0.15, -0.1) is 0 Å². The largest absolute Gasteiger partial charge is 0.494 e. The molecule has 2 rings (SSSR count). The van der Waals surface area contributed by atoms with Crippen molar-refractivity contribution in [3.8, 4) is 5.75 Å². The van der Waals surface area contributed by atoms with Gasteiger partial charge >= 0.3 is 0 Å². The minimum atomic E-state index is -0.543. The van der Waals surface area contributed by atoms with Gasteiger partial charge in [0, 0.05) is 17.8 Å². The maximum atomic E-state index is 11.3. The van der Waals surface area contributed by atoms with Crippen molar-refractivity contribution >= 4 is 23.2 Å². The second-order valence-electron chi connectivity index (χ2n) is 4.45. The number of nitrogens with one attached hydrogen (secondary N) is 1. The fraction of sp³-hybridized carbons (Fsp3) is 0.188. The number of benzene rings is 2. The van der Waals surface area contributed by atoms with Crippen LogP contribution in [0.25, 0.3) is 0 Å². The van der Waals surface area contributed by atoms with Gasteiger partial charge in [-0.25, -0.2) is 0 Å². The third-order valence-corrected chi connectivity index (χ3v) is 3.32. The summed E-state index contributed by atoms with van der Waals surface area (Å²) in [6.45, 7) is 3.14. The fourth-order valence-corrected chi connectivity index (χ4v) is 2.18. The molecule has 110 valence electrons. The van der Waals surface area contributed by atoms with Crippen LogP contribution >= 0.6 is 11.6 Å². The highest BCUT2D eigenvalue weighted by Crippen LogP contribution is 2.23. The average Bonchev–Trinajstić information content (AvgIpc) is 2.47. The quantitative estimate of drug-likeness (QED) is 0.859. The van der Waals surface area contributed by atoms with Crippen molar-refractivity contribution in [3.63, 3.8) is 0 Å². The Balaban J connectivity index is 2.13. The first kappa shape index (κ1) is 15.2. The zero-order chi connectivity index (χ0) is 15.2. The summed E-state index contributed by atoms with van der Waals surface area (Å²) in [5, 5.41) is 3.59. The lowest BCUT2D eigenvalue weighted by Gasteiger charge is -2.12. The SMILES string of the molecule is CCOc1ccccc1CNc1ccc(Cl)c(C(N)=O)c1. The highest BCUT2D eigenvalue weighted by atomic mass is 35.5. The van der Waals surface area contributed by atoms with Crippen LogP contribution in [0.3, 0.4) is 0 Å². The lowest BCUT2D eigenvalue weighted by Crippen LogP contribution is -2.12. The number of anilines is 1. The molecule has 0 radical (unpaired) electrons. The van der Waals surface area contributed by atoms with Crippen LogP contribution in [0.2, 0.25) is 5.02 Å². The summed E-state index contributed by atoms with van der Waals surface area (Å²) < 4.78 is 5.57. The zero-order valence-corrected chi connectivity index (χ0v) is 12.5. The molecular formula is C16H17ClN2O2. The summed E-state index contributed by atoms with van der Waals surface area (Å²) in [5.74, 6) is 0.301.